The molecule has 1 atom stereocenters. The van der Waals surface area contributed by atoms with Crippen LogP contribution < -0.4 is 11.1 Å². The minimum absolute atomic E-state index is 0. The van der Waals surface area contributed by atoms with Gasteiger partial charge in [-0.3, -0.25) is 4.79 Å². The van der Waals surface area contributed by atoms with Crippen LogP contribution >= 0.6 is 24.0 Å². The van der Waals surface area contributed by atoms with Gasteiger partial charge in [0.1, 0.15) is 0 Å². The predicted molar refractivity (Wildman–Crippen MR) is 78.4 cm³/mol. The van der Waals surface area contributed by atoms with E-state index in [4.69, 9.17) is 17.3 Å². The summed E-state index contributed by atoms with van der Waals surface area (Å²) in [6.45, 7) is 6.32. The summed E-state index contributed by atoms with van der Waals surface area (Å²) in [5.41, 5.74) is 6.42. The SMILES string of the molecule is C[C@@H](N)C(=O)NCC(C)(C)c1cccc(Cl)c1.Cl. The lowest BCUT2D eigenvalue weighted by Crippen LogP contribution is -2.43. The molecule has 0 fully saturated rings. The summed E-state index contributed by atoms with van der Waals surface area (Å²) in [7, 11) is 0. The van der Waals surface area contributed by atoms with Crippen LogP contribution in [0.25, 0.3) is 0 Å². The van der Waals surface area contributed by atoms with Gasteiger partial charge in [0.2, 0.25) is 5.91 Å². The average Bonchev–Trinajstić information content (AvgIpc) is 2.26. The molecule has 1 aromatic rings. The van der Waals surface area contributed by atoms with Crippen LogP contribution in [0, 0.1) is 0 Å². The van der Waals surface area contributed by atoms with E-state index in [-0.39, 0.29) is 23.7 Å². The Morgan fingerprint density at radius 2 is 2.11 bits per heavy atom. The lowest BCUT2D eigenvalue weighted by molar-refractivity contribution is -0.122. The standard InChI is InChI=1S/C13H19ClN2O.ClH/c1-9(15)12(17)16-8-13(2,3)10-5-4-6-11(14)7-10;/h4-7,9H,8,15H2,1-3H3,(H,16,17);1H/t9-;/m1./s1. The Morgan fingerprint density at radius 1 is 1.50 bits per heavy atom. The van der Waals surface area contributed by atoms with Crippen molar-refractivity contribution in [2.75, 3.05) is 6.54 Å². The molecular formula is C13H20Cl2N2O. The minimum Gasteiger partial charge on any atom is -0.354 e. The summed E-state index contributed by atoms with van der Waals surface area (Å²) < 4.78 is 0. The van der Waals surface area contributed by atoms with Crippen molar-refractivity contribution in [3.8, 4) is 0 Å². The van der Waals surface area contributed by atoms with E-state index in [1.165, 1.54) is 0 Å². The van der Waals surface area contributed by atoms with Crippen LogP contribution in [0.4, 0.5) is 0 Å². The third-order valence-electron chi connectivity index (χ3n) is 2.72. The van der Waals surface area contributed by atoms with Gasteiger partial charge in [-0.25, -0.2) is 0 Å². The Hall–Kier alpha value is -0.770. The van der Waals surface area contributed by atoms with Gasteiger partial charge < -0.3 is 11.1 Å². The van der Waals surface area contributed by atoms with E-state index >= 15 is 0 Å². The number of hydrogen-bond donors (Lipinski definition) is 2. The third-order valence-corrected chi connectivity index (χ3v) is 2.96. The van der Waals surface area contributed by atoms with Crippen molar-refractivity contribution in [2.45, 2.75) is 32.2 Å². The van der Waals surface area contributed by atoms with Crippen molar-refractivity contribution in [3.05, 3.63) is 34.9 Å². The van der Waals surface area contributed by atoms with E-state index in [0.29, 0.717) is 11.6 Å². The molecule has 0 aromatic heterocycles. The Labute approximate surface area is 119 Å². The maximum Gasteiger partial charge on any atom is 0.236 e. The van der Waals surface area contributed by atoms with Crippen molar-refractivity contribution in [3.63, 3.8) is 0 Å². The monoisotopic (exact) mass is 290 g/mol. The summed E-state index contributed by atoms with van der Waals surface area (Å²) >= 11 is 5.96. The number of nitrogens with one attached hydrogen (secondary N) is 1. The molecule has 0 spiro atoms. The van der Waals surface area contributed by atoms with E-state index < -0.39 is 6.04 Å². The van der Waals surface area contributed by atoms with E-state index in [0.717, 1.165) is 5.56 Å². The van der Waals surface area contributed by atoms with Gasteiger partial charge in [0.15, 0.2) is 0 Å². The molecule has 0 aliphatic rings. The molecule has 1 aromatic carbocycles. The Bertz CT molecular complexity index is 406. The number of halogens is 2. The molecule has 0 radical (unpaired) electrons. The number of nitrogens with two attached hydrogens (primary N) is 1. The summed E-state index contributed by atoms with van der Waals surface area (Å²) in [6, 6.07) is 7.18. The first-order valence-corrected chi connectivity index (χ1v) is 6.00. The summed E-state index contributed by atoms with van der Waals surface area (Å²) in [4.78, 5) is 11.4. The largest absolute Gasteiger partial charge is 0.354 e. The number of carbonyl (C=O) groups is 1. The normalized spacial score (nSPS) is 12.5. The molecule has 5 heteroatoms. The van der Waals surface area contributed by atoms with Crippen molar-refractivity contribution < 1.29 is 4.79 Å². The van der Waals surface area contributed by atoms with Crippen LogP contribution in [0.15, 0.2) is 24.3 Å². The molecule has 0 saturated heterocycles. The highest BCUT2D eigenvalue weighted by Gasteiger charge is 2.22. The lowest BCUT2D eigenvalue weighted by atomic mass is 9.84. The van der Waals surface area contributed by atoms with Crippen molar-refractivity contribution in [2.24, 2.45) is 5.73 Å². The van der Waals surface area contributed by atoms with E-state index in [9.17, 15) is 4.79 Å². The number of amides is 1. The fourth-order valence-corrected chi connectivity index (χ4v) is 1.67. The van der Waals surface area contributed by atoms with Gasteiger partial charge in [-0.1, -0.05) is 37.6 Å². The quantitative estimate of drug-likeness (QED) is 0.895. The summed E-state index contributed by atoms with van der Waals surface area (Å²) in [5.74, 6) is -0.139. The van der Waals surface area contributed by atoms with Gasteiger partial charge in [0.25, 0.3) is 0 Å². The number of carbonyl (C=O) groups excluding carboxylic acids is 1. The Balaban J connectivity index is 0.00000289. The van der Waals surface area contributed by atoms with Crippen LogP contribution in [0.1, 0.15) is 26.3 Å². The molecule has 102 valence electrons. The first-order chi connectivity index (χ1) is 7.83. The highest BCUT2D eigenvalue weighted by Crippen LogP contribution is 2.24. The van der Waals surface area contributed by atoms with Gasteiger partial charge in [0.05, 0.1) is 6.04 Å². The van der Waals surface area contributed by atoms with Crippen LogP contribution in [0.3, 0.4) is 0 Å². The predicted octanol–water partition coefficient (Wildman–Crippen LogP) is 2.50. The molecule has 18 heavy (non-hydrogen) atoms. The van der Waals surface area contributed by atoms with Gasteiger partial charge in [-0.2, -0.15) is 0 Å². The maximum atomic E-state index is 11.4. The van der Waals surface area contributed by atoms with E-state index in [1.54, 1.807) is 6.92 Å². The third kappa shape index (κ3) is 4.84. The molecule has 3 nitrogen and oxygen atoms in total. The fourth-order valence-electron chi connectivity index (χ4n) is 1.48. The molecule has 0 bridgehead atoms. The zero-order chi connectivity index (χ0) is 13.1. The highest BCUT2D eigenvalue weighted by atomic mass is 35.5. The molecule has 0 heterocycles. The van der Waals surface area contributed by atoms with E-state index in [2.05, 4.69) is 19.2 Å². The van der Waals surface area contributed by atoms with Crippen LogP contribution in [0.2, 0.25) is 5.02 Å². The van der Waals surface area contributed by atoms with Crippen LogP contribution in [0.5, 0.6) is 0 Å². The Morgan fingerprint density at radius 3 is 2.61 bits per heavy atom. The molecule has 1 rings (SSSR count). The lowest BCUT2D eigenvalue weighted by Gasteiger charge is -2.26. The molecule has 0 aliphatic heterocycles. The fraction of sp³-hybridized carbons (Fsp3) is 0.462. The molecule has 0 saturated carbocycles. The second-order valence-electron chi connectivity index (χ2n) is 4.90. The molecular weight excluding hydrogens is 271 g/mol. The number of benzene rings is 1. The Kier molecular flexibility index (Phi) is 6.68. The minimum atomic E-state index is -0.481. The van der Waals surface area contributed by atoms with Gasteiger partial charge >= 0.3 is 0 Å². The summed E-state index contributed by atoms with van der Waals surface area (Å²) in [6.07, 6.45) is 0. The zero-order valence-corrected chi connectivity index (χ0v) is 12.4. The first-order valence-electron chi connectivity index (χ1n) is 5.62. The van der Waals surface area contributed by atoms with Gasteiger partial charge in [0, 0.05) is 17.0 Å². The molecule has 0 unspecified atom stereocenters. The first kappa shape index (κ1) is 17.2. The van der Waals surface area contributed by atoms with Crippen molar-refractivity contribution in [1.82, 2.24) is 5.32 Å². The van der Waals surface area contributed by atoms with Crippen LogP contribution in [-0.2, 0) is 10.2 Å². The van der Waals surface area contributed by atoms with Gasteiger partial charge in [-0.15, -0.1) is 12.4 Å². The summed E-state index contributed by atoms with van der Waals surface area (Å²) in [5, 5.41) is 3.54. The topological polar surface area (TPSA) is 55.1 Å². The van der Waals surface area contributed by atoms with Crippen molar-refractivity contribution in [1.29, 1.82) is 0 Å². The zero-order valence-electron chi connectivity index (χ0n) is 10.9. The number of hydrogen-bond acceptors (Lipinski definition) is 2. The highest BCUT2D eigenvalue weighted by molar-refractivity contribution is 6.30. The molecule has 0 aliphatic carbocycles. The van der Waals surface area contributed by atoms with Crippen molar-refractivity contribution >= 4 is 29.9 Å². The molecule has 1 amide bonds. The second-order valence-corrected chi connectivity index (χ2v) is 5.34. The molecule has 3 N–H and O–H groups in total. The average molecular weight is 291 g/mol. The van der Waals surface area contributed by atoms with E-state index in [1.807, 2.05) is 24.3 Å². The number of rotatable bonds is 4. The van der Waals surface area contributed by atoms with Gasteiger partial charge in [-0.05, 0) is 24.6 Å². The maximum absolute atomic E-state index is 11.4. The van der Waals surface area contributed by atoms with Crippen LogP contribution in [-0.4, -0.2) is 18.5 Å². The smallest absolute Gasteiger partial charge is 0.236 e. The second kappa shape index (κ2) is 6.98.